The van der Waals surface area contributed by atoms with Gasteiger partial charge in [0.2, 0.25) is 0 Å². The molecule has 0 aromatic rings. The van der Waals surface area contributed by atoms with Crippen LogP contribution >= 0.6 is 0 Å². The molecule has 0 heterocycles. The molecule has 0 aliphatic heterocycles. The molecule has 10 nitrogen and oxygen atoms in total. The summed E-state index contributed by atoms with van der Waals surface area (Å²) >= 11 is 0. The first kappa shape index (κ1) is 36.5. The van der Waals surface area contributed by atoms with Gasteiger partial charge in [-0.2, -0.15) is 0 Å². The molecule has 0 aliphatic carbocycles. The molecule has 0 fully saturated rings. The second-order valence-electron chi connectivity index (χ2n) is 2.03. The van der Waals surface area contributed by atoms with Crippen molar-refractivity contribution < 1.29 is 41.0 Å². The van der Waals surface area contributed by atoms with Crippen LogP contribution in [-0.4, -0.2) is 55.5 Å². The molecule has 0 spiro atoms. The van der Waals surface area contributed by atoms with E-state index in [0.717, 1.165) is 0 Å². The SMILES string of the molecule is CC(O)C(=O)O.CC(O)C(=O)O.N.N.O.O. The monoisotopic (exact) mass is 250 g/mol. The molecule has 0 bridgehead atoms. The highest BCUT2D eigenvalue weighted by Gasteiger charge is 2.01. The molecule has 0 amide bonds. The van der Waals surface area contributed by atoms with Gasteiger partial charge < -0.3 is 43.7 Å². The van der Waals surface area contributed by atoms with Crippen LogP contribution < -0.4 is 12.3 Å². The van der Waals surface area contributed by atoms with Crippen molar-refractivity contribution >= 4 is 11.9 Å². The molecule has 16 heavy (non-hydrogen) atoms. The molecule has 2 atom stereocenters. The van der Waals surface area contributed by atoms with Gasteiger partial charge in [-0.25, -0.2) is 9.59 Å². The average Bonchev–Trinajstić information content (AvgIpc) is 1.88. The first-order valence-electron chi connectivity index (χ1n) is 3.10. The van der Waals surface area contributed by atoms with Crippen LogP contribution in [0.4, 0.5) is 0 Å². The Bertz CT molecular complexity index is 143. The molecule has 0 aromatic carbocycles. The van der Waals surface area contributed by atoms with Gasteiger partial charge in [-0.05, 0) is 13.8 Å². The minimum Gasteiger partial charge on any atom is -0.479 e. The highest BCUT2D eigenvalue weighted by Crippen LogP contribution is 1.73. The smallest absolute Gasteiger partial charge is 0.332 e. The van der Waals surface area contributed by atoms with Gasteiger partial charge in [-0.1, -0.05) is 0 Å². The van der Waals surface area contributed by atoms with Crippen molar-refractivity contribution in [1.82, 2.24) is 12.3 Å². The van der Waals surface area contributed by atoms with Crippen LogP contribution in [0.5, 0.6) is 0 Å². The summed E-state index contributed by atoms with van der Waals surface area (Å²) in [5.74, 6) is -2.37. The maximum Gasteiger partial charge on any atom is 0.332 e. The van der Waals surface area contributed by atoms with Crippen LogP contribution in [0.3, 0.4) is 0 Å². The second-order valence-corrected chi connectivity index (χ2v) is 2.03. The molecular weight excluding hydrogens is 228 g/mol. The Balaban J connectivity index is -0.0000000250. The fraction of sp³-hybridized carbons (Fsp3) is 0.667. The van der Waals surface area contributed by atoms with Gasteiger partial charge in [0.15, 0.2) is 0 Å². The Morgan fingerprint density at radius 1 is 0.812 bits per heavy atom. The van der Waals surface area contributed by atoms with Crippen molar-refractivity contribution in [1.29, 1.82) is 0 Å². The standard InChI is InChI=1S/2C3H6O3.2H3N.2H2O/c2*1-2(4)3(5)6;;;;/h2*2,4H,1H3,(H,5,6);2*1H3;2*1H2. The Labute approximate surface area is 92.3 Å². The fourth-order valence-electron chi connectivity index (χ4n) is 0. The number of hydrogen-bond acceptors (Lipinski definition) is 6. The molecule has 0 saturated carbocycles. The molecular formula is C6H22N2O8. The van der Waals surface area contributed by atoms with Crippen molar-refractivity contribution in [2.75, 3.05) is 0 Å². The summed E-state index contributed by atoms with van der Waals surface area (Å²) in [4.78, 5) is 18.9. The number of carbonyl (C=O) groups is 2. The van der Waals surface area contributed by atoms with Crippen LogP contribution in [0.2, 0.25) is 0 Å². The van der Waals surface area contributed by atoms with E-state index in [1.807, 2.05) is 0 Å². The Kier molecular flexibility index (Phi) is 44.0. The fourth-order valence-corrected chi connectivity index (χ4v) is 0. The quantitative estimate of drug-likeness (QED) is 0.306. The first-order valence-corrected chi connectivity index (χ1v) is 3.10. The van der Waals surface area contributed by atoms with E-state index in [9.17, 15) is 9.59 Å². The number of hydrogen-bond donors (Lipinski definition) is 6. The lowest BCUT2D eigenvalue weighted by Gasteiger charge is -1.89. The van der Waals surface area contributed by atoms with Crippen LogP contribution in [0.1, 0.15) is 13.8 Å². The van der Waals surface area contributed by atoms with Crippen LogP contribution in [0, 0.1) is 0 Å². The number of carboxylic acid groups (broad SMARTS) is 2. The zero-order valence-corrected chi connectivity index (χ0v) is 9.17. The van der Waals surface area contributed by atoms with Crippen molar-refractivity contribution in [3.05, 3.63) is 0 Å². The number of rotatable bonds is 2. The number of carboxylic acids is 2. The maximum atomic E-state index is 9.45. The predicted octanol–water partition coefficient (Wildman–Crippen LogP) is -2.42. The van der Waals surface area contributed by atoms with E-state index >= 15 is 0 Å². The van der Waals surface area contributed by atoms with Crippen LogP contribution in [0.15, 0.2) is 0 Å². The number of aliphatic carboxylic acids is 2. The molecule has 0 rings (SSSR count). The van der Waals surface area contributed by atoms with Crippen LogP contribution in [-0.2, 0) is 9.59 Å². The molecule has 0 aliphatic rings. The molecule has 2 unspecified atom stereocenters. The summed E-state index contributed by atoms with van der Waals surface area (Å²) in [6.45, 7) is 2.39. The summed E-state index contributed by atoms with van der Waals surface area (Å²) in [6.07, 6.45) is -2.46. The third-order valence-electron chi connectivity index (χ3n) is 0.715. The van der Waals surface area contributed by atoms with Crippen LogP contribution in [0.25, 0.3) is 0 Å². The maximum absolute atomic E-state index is 9.45. The molecule has 14 N–H and O–H groups in total. The van der Waals surface area contributed by atoms with Crippen molar-refractivity contribution in [2.45, 2.75) is 26.1 Å². The molecule has 0 aromatic heterocycles. The number of aliphatic hydroxyl groups is 2. The highest BCUT2D eigenvalue weighted by molar-refractivity contribution is 5.71. The van der Waals surface area contributed by atoms with Crippen molar-refractivity contribution in [2.24, 2.45) is 0 Å². The lowest BCUT2D eigenvalue weighted by atomic mass is 10.4. The summed E-state index contributed by atoms with van der Waals surface area (Å²) in [5, 5.41) is 31.5. The van der Waals surface area contributed by atoms with E-state index in [-0.39, 0.29) is 23.3 Å². The van der Waals surface area contributed by atoms with E-state index in [1.165, 1.54) is 13.8 Å². The molecule has 10 heteroatoms. The largest absolute Gasteiger partial charge is 0.479 e. The van der Waals surface area contributed by atoms with Gasteiger partial charge in [-0.3, -0.25) is 0 Å². The van der Waals surface area contributed by atoms with E-state index in [2.05, 4.69) is 0 Å². The lowest BCUT2D eigenvalue weighted by Crippen LogP contribution is -2.13. The minimum absolute atomic E-state index is 0. The average molecular weight is 250 g/mol. The minimum atomic E-state index is -1.23. The summed E-state index contributed by atoms with van der Waals surface area (Å²) in [6, 6.07) is 0. The highest BCUT2D eigenvalue weighted by atomic mass is 16.4. The Morgan fingerprint density at radius 3 is 0.875 bits per heavy atom. The van der Waals surface area contributed by atoms with Gasteiger partial charge >= 0.3 is 11.9 Å². The molecule has 104 valence electrons. The molecule has 0 saturated heterocycles. The summed E-state index contributed by atoms with van der Waals surface area (Å²) < 4.78 is 0. The zero-order valence-electron chi connectivity index (χ0n) is 9.17. The first-order chi connectivity index (χ1) is 5.29. The van der Waals surface area contributed by atoms with Gasteiger partial charge in [-0.15, -0.1) is 0 Å². The van der Waals surface area contributed by atoms with E-state index in [1.54, 1.807) is 0 Å². The third-order valence-corrected chi connectivity index (χ3v) is 0.715. The number of aliphatic hydroxyl groups excluding tert-OH is 2. The normalized spacial score (nSPS) is 10.2. The molecule has 0 radical (unpaired) electrons. The van der Waals surface area contributed by atoms with E-state index in [4.69, 9.17) is 20.4 Å². The summed E-state index contributed by atoms with van der Waals surface area (Å²) in [7, 11) is 0. The Morgan fingerprint density at radius 2 is 0.875 bits per heavy atom. The summed E-state index contributed by atoms with van der Waals surface area (Å²) in [5.41, 5.74) is 0. The van der Waals surface area contributed by atoms with Crippen molar-refractivity contribution in [3.8, 4) is 0 Å². The zero-order chi connectivity index (χ0) is 10.3. The van der Waals surface area contributed by atoms with E-state index < -0.39 is 24.1 Å². The predicted molar refractivity (Wildman–Crippen MR) is 55.9 cm³/mol. The van der Waals surface area contributed by atoms with Gasteiger partial charge in [0.1, 0.15) is 12.2 Å². The van der Waals surface area contributed by atoms with E-state index in [0.29, 0.717) is 0 Å². The third kappa shape index (κ3) is 38.7. The van der Waals surface area contributed by atoms with Gasteiger partial charge in [0.25, 0.3) is 0 Å². The Hall–Kier alpha value is -1.30. The topological polar surface area (TPSA) is 248 Å². The van der Waals surface area contributed by atoms with Gasteiger partial charge in [0.05, 0.1) is 0 Å². The lowest BCUT2D eigenvalue weighted by molar-refractivity contribution is -0.146. The van der Waals surface area contributed by atoms with Crippen molar-refractivity contribution in [3.63, 3.8) is 0 Å². The van der Waals surface area contributed by atoms with Gasteiger partial charge in [0, 0.05) is 0 Å². The second kappa shape index (κ2) is 19.3.